The van der Waals surface area contributed by atoms with Gasteiger partial charge in [0, 0.05) is 6.54 Å². The molecule has 0 aliphatic carbocycles. The van der Waals surface area contributed by atoms with Crippen LogP contribution < -0.4 is 5.43 Å². The van der Waals surface area contributed by atoms with E-state index in [0.717, 1.165) is 5.01 Å². The van der Waals surface area contributed by atoms with Gasteiger partial charge in [0.2, 0.25) is 0 Å². The quantitative estimate of drug-likeness (QED) is 0.609. The summed E-state index contributed by atoms with van der Waals surface area (Å²) in [6, 6.07) is 0. The van der Waals surface area contributed by atoms with Crippen molar-refractivity contribution in [1.29, 1.82) is 0 Å². The Kier molecular flexibility index (Phi) is 5.35. The van der Waals surface area contributed by atoms with E-state index in [1.807, 2.05) is 0 Å². The Morgan fingerprint density at radius 1 is 1.40 bits per heavy atom. The van der Waals surface area contributed by atoms with Crippen molar-refractivity contribution in [3.05, 3.63) is 0 Å². The van der Waals surface area contributed by atoms with Gasteiger partial charge in [-0.2, -0.15) is 0 Å². The Labute approximate surface area is 118 Å². The van der Waals surface area contributed by atoms with Gasteiger partial charge < -0.3 is 9.47 Å². The number of hydrogen-bond donors (Lipinski definition) is 1. The number of hydrogen-bond acceptors (Lipinski definition) is 5. The van der Waals surface area contributed by atoms with Gasteiger partial charge in [-0.3, -0.25) is 15.0 Å². The lowest BCUT2D eigenvalue weighted by Gasteiger charge is -2.26. The molecule has 1 rings (SSSR count). The molecule has 0 spiro atoms. The van der Waals surface area contributed by atoms with Crippen LogP contribution in [0.5, 0.6) is 0 Å². The lowest BCUT2D eigenvalue weighted by atomic mass is 10.0. The Bertz CT molecular complexity index is 389. The summed E-state index contributed by atoms with van der Waals surface area (Å²) in [5.74, 6) is -1.97. The molecule has 1 saturated heterocycles. The van der Waals surface area contributed by atoms with Gasteiger partial charge in [0.1, 0.15) is 11.5 Å². The van der Waals surface area contributed by atoms with Crippen LogP contribution >= 0.6 is 0 Å². The van der Waals surface area contributed by atoms with Gasteiger partial charge in [-0.05, 0) is 40.5 Å². The first-order valence-corrected chi connectivity index (χ1v) is 6.72. The predicted octanol–water partition coefficient (Wildman–Crippen LogP) is 1.23. The summed E-state index contributed by atoms with van der Waals surface area (Å²) in [7, 11) is 0. The number of hydrazine groups is 1. The number of amides is 2. The van der Waals surface area contributed by atoms with Crippen LogP contribution in [-0.4, -0.2) is 41.7 Å². The highest BCUT2D eigenvalue weighted by molar-refractivity contribution is 5.98. The molecule has 0 aromatic carbocycles. The normalized spacial score (nSPS) is 19.9. The monoisotopic (exact) mass is 286 g/mol. The van der Waals surface area contributed by atoms with Crippen LogP contribution in [0.15, 0.2) is 0 Å². The third kappa shape index (κ3) is 4.71. The zero-order valence-corrected chi connectivity index (χ0v) is 12.4. The van der Waals surface area contributed by atoms with E-state index in [-0.39, 0.29) is 6.61 Å². The van der Waals surface area contributed by atoms with Gasteiger partial charge in [-0.25, -0.2) is 9.80 Å². The fraction of sp³-hybridized carbons (Fsp3) is 0.769. The van der Waals surface area contributed by atoms with E-state index in [9.17, 15) is 14.4 Å². The van der Waals surface area contributed by atoms with E-state index < -0.39 is 29.5 Å². The second kappa shape index (κ2) is 6.58. The molecule has 1 atom stereocenters. The number of carbonyl (C=O) groups is 3. The van der Waals surface area contributed by atoms with Crippen molar-refractivity contribution in [3.63, 3.8) is 0 Å². The van der Waals surface area contributed by atoms with E-state index in [1.54, 1.807) is 27.7 Å². The molecule has 0 aromatic rings. The Balaban J connectivity index is 2.67. The van der Waals surface area contributed by atoms with Gasteiger partial charge in [0.25, 0.3) is 5.91 Å². The fourth-order valence-electron chi connectivity index (χ4n) is 1.77. The maximum Gasteiger partial charge on any atom is 0.429 e. The second-order valence-electron chi connectivity index (χ2n) is 5.55. The van der Waals surface area contributed by atoms with E-state index in [0.29, 0.717) is 19.4 Å². The minimum atomic E-state index is -0.873. The molecule has 1 aliphatic rings. The maximum atomic E-state index is 11.9. The minimum Gasteiger partial charge on any atom is -0.465 e. The predicted molar refractivity (Wildman–Crippen MR) is 70.4 cm³/mol. The molecule has 0 bridgehead atoms. The Morgan fingerprint density at radius 2 is 2.05 bits per heavy atom. The minimum absolute atomic E-state index is 0.221. The zero-order chi connectivity index (χ0) is 15.3. The molecular formula is C13H22N2O5. The number of esters is 1. The summed E-state index contributed by atoms with van der Waals surface area (Å²) in [6.45, 7) is 7.43. The van der Waals surface area contributed by atoms with Crippen LogP contribution in [-0.2, 0) is 19.1 Å². The first-order chi connectivity index (χ1) is 9.24. The van der Waals surface area contributed by atoms with Crippen molar-refractivity contribution in [2.45, 2.75) is 46.1 Å². The first-order valence-electron chi connectivity index (χ1n) is 6.72. The molecule has 0 aromatic heterocycles. The molecule has 114 valence electrons. The standard InChI is InChI=1S/C13H22N2O5/c1-5-19-11(17)9-7-6-8-15(14-10(9)16)12(18)20-13(2,3)4/h9H,5-8H2,1-4H3,(H,14,16). The average Bonchev–Trinajstić information content (AvgIpc) is 2.49. The van der Waals surface area contributed by atoms with Crippen molar-refractivity contribution in [1.82, 2.24) is 10.4 Å². The fourth-order valence-corrected chi connectivity index (χ4v) is 1.77. The zero-order valence-electron chi connectivity index (χ0n) is 12.4. The molecule has 7 heteroatoms. The number of carbonyl (C=O) groups excluding carboxylic acids is 3. The summed E-state index contributed by atoms with van der Waals surface area (Å²) in [5.41, 5.74) is 1.77. The average molecular weight is 286 g/mol. The molecule has 1 unspecified atom stereocenters. The molecule has 7 nitrogen and oxygen atoms in total. The smallest absolute Gasteiger partial charge is 0.429 e. The van der Waals surface area contributed by atoms with Crippen LogP contribution in [0.4, 0.5) is 4.79 Å². The van der Waals surface area contributed by atoms with Gasteiger partial charge in [0.05, 0.1) is 6.61 Å². The van der Waals surface area contributed by atoms with Crippen molar-refractivity contribution in [2.75, 3.05) is 13.2 Å². The van der Waals surface area contributed by atoms with Crippen molar-refractivity contribution in [2.24, 2.45) is 5.92 Å². The van der Waals surface area contributed by atoms with Gasteiger partial charge in [-0.1, -0.05) is 0 Å². The maximum absolute atomic E-state index is 11.9. The van der Waals surface area contributed by atoms with Crippen LogP contribution in [0.2, 0.25) is 0 Å². The SMILES string of the molecule is CCOC(=O)C1CCCN(C(=O)OC(C)(C)C)NC1=O. The molecule has 2 amide bonds. The van der Waals surface area contributed by atoms with E-state index in [1.165, 1.54) is 0 Å². The molecule has 1 aliphatic heterocycles. The molecule has 1 heterocycles. The van der Waals surface area contributed by atoms with Crippen molar-refractivity contribution in [3.8, 4) is 0 Å². The molecule has 1 N–H and O–H groups in total. The van der Waals surface area contributed by atoms with Crippen LogP contribution in [0.25, 0.3) is 0 Å². The van der Waals surface area contributed by atoms with Gasteiger partial charge in [0.15, 0.2) is 0 Å². The van der Waals surface area contributed by atoms with Gasteiger partial charge >= 0.3 is 12.1 Å². The number of nitrogens with one attached hydrogen (secondary N) is 1. The first kappa shape index (κ1) is 16.3. The van der Waals surface area contributed by atoms with Crippen LogP contribution in [0.1, 0.15) is 40.5 Å². The summed E-state index contributed by atoms with van der Waals surface area (Å²) in [5, 5.41) is 1.10. The highest BCUT2D eigenvalue weighted by Crippen LogP contribution is 2.16. The Hall–Kier alpha value is -1.79. The number of ether oxygens (including phenoxy) is 2. The molecular weight excluding hydrogens is 264 g/mol. The topological polar surface area (TPSA) is 84.9 Å². The lowest BCUT2D eigenvalue weighted by molar-refractivity contribution is -0.153. The largest absolute Gasteiger partial charge is 0.465 e. The molecule has 0 saturated carbocycles. The molecule has 20 heavy (non-hydrogen) atoms. The second-order valence-corrected chi connectivity index (χ2v) is 5.55. The third-order valence-electron chi connectivity index (χ3n) is 2.62. The highest BCUT2D eigenvalue weighted by Gasteiger charge is 2.34. The van der Waals surface area contributed by atoms with Crippen LogP contribution in [0.3, 0.4) is 0 Å². The van der Waals surface area contributed by atoms with Crippen molar-refractivity contribution < 1.29 is 23.9 Å². The molecule has 0 radical (unpaired) electrons. The summed E-state index contributed by atoms with van der Waals surface area (Å²) in [4.78, 5) is 35.5. The summed E-state index contributed by atoms with van der Waals surface area (Å²) < 4.78 is 10.0. The lowest BCUT2D eigenvalue weighted by Crippen LogP contribution is -2.49. The Morgan fingerprint density at radius 3 is 2.60 bits per heavy atom. The van der Waals surface area contributed by atoms with E-state index in [4.69, 9.17) is 9.47 Å². The molecule has 1 fully saturated rings. The number of nitrogens with zero attached hydrogens (tertiary/aromatic N) is 1. The van der Waals surface area contributed by atoms with E-state index in [2.05, 4.69) is 5.43 Å². The van der Waals surface area contributed by atoms with Crippen LogP contribution in [0, 0.1) is 5.92 Å². The van der Waals surface area contributed by atoms with Crippen molar-refractivity contribution >= 4 is 18.0 Å². The summed E-state index contributed by atoms with van der Waals surface area (Å²) >= 11 is 0. The number of rotatable bonds is 2. The van der Waals surface area contributed by atoms with E-state index >= 15 is 0 Å². The third-order valence-corrected chi connectivity index (χ3v) is 2.62. The summed E-state index contributed by atoms with van der Waals surface area (Å²) in [6.07, 6.45) is 0.237. The van der Waals surface area contributed by atoms with Gasteiger partial charge in [-0.15, -0.1) is 0 Å². The highest BCUT2D eigenvalue weighted by atomic mass is 16.6.